The molecule has 0 aliphatic heterocycles. The number of esters is 1. The molecule has 0 saturated carbocycles. The first-order valence-electron chi connectivity index (χ1n) is 2.79. The van der Waals surface area contributed by atoms with Gasteiger partial charge in [0.05, 0.1) is 6.61 Å². The summed E-state index contributed by atoms with van der Waals surface area (Å²) in [5.41, 5.74) is 0. The van der Waals surface area contributed by atoms with E-state index in [1.165, 1.54) is 6.08 Å². The van der Waals surface area contributed by atoms with Crippen LogP contribution < -0.4 is 0 Å². The zero-order valence-corrected chi connectivity index (χ0v) is 8.74. The number of halogens is 2. The molecule has 0 amide bonds. The van der Waals surface area contributed by atoms with Crippen LogP contribution in [0.25, 0.3) is 0 Å². The smallest absolute Gasteiger partial charge is 0.331 e. The molecule has 0 unspecified atom stereocenters. The van der Waals surface area contributed by atoms with Crippen molar-refractivity contribution < 1.29 is 9.53 Å². The van der Waals surface area contributed by atoms with Gasteiger partial charge in [0.25, 0.3) is 0 Å². The van der Waals surface area contributed by atoms with Gasteiger partial charge in [0.2, 0.25) is 0 Å². The highest BCUT2D eigenvalue weighted by Gasteiger charge is 1.96. The Morgan fingerprint density at radius 1 is 1.70 bits per heavy atom. The summed E-state index contributed by atoms with van der Waals surface area (Å²) in [5.74, 6) is -0.311. The Morgan fingerprint density at radius 2 is 2.30 bits per heavy atom. The molecule has 0 N–H and O–H groups in total. The maximum Gasteiger partial charge on any atom is 0.331 e. The van der Waals surface area contributed by atoms with Crippen molar-refractivity contribution in [2.24, 2.45) is 0 Å². The zero-order valence-electron chi connectivity index (χ0n) is 5.56. The van der Waals surface area contributed by atoms with Gasteiger partial charge in [-0.2, -0.15) is 0 Å². The molecule has 0 aliphatic rings. The van der Waals surface area contributed by atoms with E-state index in [0.717, 1.165) is 4.48 Å². The summed E-state index contributed by atoms with van der Waals surface area (Å²) in [6.45, 7) is 2.19. The monoisotopic (exact) mass is 270 g/mol. The second-order valence-electron chi connectivity index (χ2n) is 1.48. The largest absolute Gasteiger partial charge is 0.463 e. The molecule has 0 fully saturated rings. The number of ether oxygens (including phenoxy) is 1. The number of alkyl halides is 1. The van der Waals surface area contributed by atoms with Gasteiger partial charge in [-0.05, 0) is 6.92 Å². The van der Waals surface area contributed by atoms with Crippen LogP contribution in [0.3, 0.4) is 0 Å². The molecule has 0 heterocycles. The van der Waals surface area contributed by atoms with Gasteiger partial charge in [-0.25, -0.2) is 4.79 Å². The van der Waals surface area contributed by atoms with Gasteiger partial charge in [0.15, 0.2) is 0 Å². The summed E-state index contributed by atoms with van der Waals surface area (Å²) in [5, 5.41) is 0.631. The number of hydrogen-bond donors (Lipinski definition) is 0. The van der Waals surface area contributed by atoms with Crippen LogP contribution in [0.15, 0.2) is 10.6 Å². The first-order chi connectivity index (χ1) is 4.70. The predicted molar refractivity (Wildman–Crippen MR) is 47.4 cm³/mol. The first-order valence-corrected chi connectivity index (χ1v) is 4.71. The molecule has 0 atom stereocenters. The fourth-order valence-electron chi connectivity index (χ4n) is 0.350. The molecule has 4 heteroatoms. The van der Waals surface area contributed by atoms with E-state index in [-0.39, 0.29) is 5.97 Å². The zero-order chi connectivity index (χ0) is 7.98. The molecule has 0 aromatic carbocycles. The highest BCUT2D eigenvalue weighted by molar-refractivity contribution is 9.13. The number of hydrogen-bond acceptors (Lipinski definition) is 2. The molecule has 0 spiro atoms. The lowest BCUT2D eigenvalue weighted by Crippen LogP contribution is -1.99. The Morgan fingerprint density at radius 3 is 2.70 bits per heavy atom. The van der Waals surface area contributed by atoms with Crippen LogP contribution in [-0.2, 0) is 9.53 Å². The van der Waals surface area contributed by atoms with Gasteiger partial charge < -0.3 is 4.74 Å². The molecule has 2 nitrogen and oxygen atoms in total. The van der Waals surface area contributed by atoms with Crippen molar-refractivity contribution in [3.05, 3.63) is 10.6 Å². The Labute approximate surface area is 76.9 Å². The van der Waals surface area contributed by atoms with Crippen LogP contribution in [0.2, 0.25) is 0 Å². The summed E-state index contributed by atoms with van der Waals surface area (Å²) in [6.07, 6.45) is 1.40. The van der Waals surface area contributed by atoms with Gasteiger partial charge in [-0.3, -0.25) is 0 Å². The van der Waals surface area contributed by atoms with Crippen molar-refractivity contribution >= 4 is 37.8 Å². The van der Waals surface area contributed by atoms with Gasteiger partial charge in [-0.1, -0.05) is 31.9 Å². The Hall–Kier alpha value is 0.170. The van der Waals surface area contributed by atoms with Gasteiger partial charge in [0, 0.05) is 15.9 Å². The van der Waals surface area contributed by atoms with Gasteiger partial charge >= 0.3 is 5.97 Å². The maximum absolute atomic E-state index is 10.7. The SMILES string of the molecule is CCOC(=O)/C=C(\Br)CBr. The standard InChI is InChI=1S/C6H8Br2O2/c1-2-10-6(9)3-5(8)4-7/h3H,2,4H2,1H3/b5-3-. The molecule has 0 radical (unpaired) electrons. The maximum atomic E-state index is 10.7. The van der Waals surface area contributed by atoms with Crippen LogP contribution in [0.5, 0.6) is 0 Å². The third-order valence-corrected chi connectivity index (χ3v) is 2.55. The highest BCUT2D eigenvalue weighted by atomic mass is 79.9. The average molecular weight is 272 g/mol. The van der Waals surface area contributed by atoms with Crippen LogP contribution in [0.4, 0.5) is 0 Å². The Kier molecular flexibility index (Phi) is 6.02. The van der Waals surface area contributed by atoms with E-state index in [1.54, 1.807) is 6.92 Å². The number of carbonyl (C=O) groups excluding carboxylic acids is 1. The molecule has 0 aromatic heterocycles. The van der Waals surface area contributed by atoms with Crippen molar-refractivity contribution in [1.82, 2.24) is 0 Å². The van der Waals surface area contributed by atoms with E-state index >= 15 is 0 Å². The first kappa shape index (κ1) is 10.2. The fraction of sp³-hybridized carbons (Fsp3) is 0.500. The van der Waals surface area contributed by atoms with E-state index in [2.05, 4.69) is 36.6 Å². The Bertz CT molecular complexity index is 143. The molecule has 0 aromatic rings. The second kappa shape index (κ2) is 5.92. The molecule has 0 saturated heterocycles. The lowest BCUT2D eigenvalue weighted by atomic mass is 10.5. The van der Waals surface area contributed by atoms with Crippen LogP contribution >= 0.6 is 31.9 Å². The van der Waals surface area contributed by atoms with E-state index in [4.69, 9.17) is 0 Å². The average Bonchev–Trinajstić information content (AvgIpc) is 1.88. The lowest BCUT2D eigenvalue weighted by molar-refractivity contribution is -0.137. The van der Waals surface area contributed by atoms with Crippen LogP contribution in [-0.4, -0.2) is 17.9 Å². The van der Waals surface area contributed by atoms with Crippen molar-refractivity contribution in [3.8, 4) is 0 Å². The third kappa shape index (κ3) is 4.99. The minimum atomic E-state index is -0.311. The van der Waals surface area contributed by atoms with E-state index in [0.29, 0.717) is 11.9 Å². The molecule has 0 bridgehead atoms. The number of rotatable bonds is 3. The lowest BCUT2D eigenvalue weighted by Gasteiger charge is -1.95. The van der Waals surface area contributed by atoms with Gasteiger partial charge in [-0.15, -0.1) is 0 Å². The van der Waals surface area contributed by atoms with Crippen molar-refractivity contribution in [3.63, 3.8) is 0 Å². The third-order valence-electron chi connectivity index (χ3n) is 0.689. The molecule has 0 aliphatic carbocycles. The summed E-state index contributed by atoms with van der Waals surface area (Å²) >= 11 is 6.33. The topological polar surface area (TPSA) is 26.3 Å². The van der Waals surface area contributed by atoms with E-state index in [9.17, 15) is 4.79 Å². The quantitative estimate of drug-likeness (QED) is 0.447. The Balaban J connectivity index is 3.75. The number of carbonyl (C=O) groups is 1. The summed E-state index contributed by atoms with van der Waals surface area (Å²) in [4.78, 5) is 10.7. The molecule has 0 rings (SSSR count). The molecular weight excluding hydrogens is 264 g/mol. The minimum Gasteiger partial charge on any atom is -0.463 e. The second-order valence-corrected chi connectivity index (χ2v) is 3.06. The summed E-state index contributed by atoms with van der Waals surface area (Å²) in [7, 11) is 0. The van der Waals surface area contributed by atoms with Crippen molar-refractivity contribution in [2.75, 3.05) is 11.9 Å². The van der Waals surface area contributed by atoms with Crippen LogP contribution in [0, 0.1) is 0 Å². The minimum absolute atomic E-state index is 0.311. The van der Waals surface area contributed by atoms with Gasteiger partial charge in [0.1, 0.15) is 0 Å². The molecular formula is C6H8Br2O2. The summed E-state index contributed by atoms with van der Waals surface area (Å²) < 4.78 is 5.43. The normalized spacial score (nSPS) is 11.3. The van der Waals surface area contributed by atoms with E-state index < -0.39 is 0 Å². The van der Waals surface area contributed by atoms with Crippen LogP contribution in [0.1, 0.15) is 6.92 Å². The molecule has 58 valence electrons. The van der Waals surface area contributed by atoms with Crippen molar-refractivity contribution in [2.45, 2.75) is 6.92 Å². The fourth-order valence-corrected chi connectivity index (χ4v) is 0.699. The summed E-state index contributed by atoms with van der Waals surface area (Å²) in [6, 6.07) is 0. The molecule has 10 heavy (non-hydrogen) atoms. The highest BCUT2D eigenvalue weighted by Crippen LogP contribution is 2.07. The van der Waals surface area contributed by atoms with Crippen molar-refractivity contribution in [1.29, 1.82) is 0 Å². The number of allylic oxidation sites excluding steroid dienone is 1. The van der Waals surface area contributed by atoms with E-state index in [1.807, 2.05) is 0 Å². The predicted octanol–water partition coefficient (Wildman–Crippen LogP) is 2.22.